The molecule has 0 saturated carbocycles. The summed E-state index contributed by atoms with van der Waals surface area (Å²) in [5.41, 5.74) is 4.98. The highest BCUT2D eigenvalue weighted by atomic mass is 16.6. The number of nitro groups is 1. The molecule has 96 valence electrons. The van der Waals surface area contributed by atoms with Crippen molar-refractivity contribution in [1.29, 1.82) is 0 Å². The third-order valence-corrected chi connectivity index (χ3v) is 2.28. The number of carbonyl (C=O) groups is 2. The Morgan fingerprint density at radius 2 is 1.89 bits per heavy atom. The lowest BCUT2D eigenvalue weighted by Crippen LogP contribution is -2.09. The molecule has 0 aliphatic heterocycles. The summed E-state index contributed by atoms with van der Waals surface area (Å²) in [5.74, 6) is -1.97. The number of oxazole rings is 1. The number of rotatable bonds is 4. The summed E-state index contributed by atoms with van der Waals surface area (Å²) in [6.07, 6.45) is 1.04. The van der Waals surface area contributed by atoms with E-state index in [1.165, 1.54) is 24.3 Å². The molecule has 0 aliphatic carbocycles. The monoisotopic (exact) mass is 261 g/mol. The predicted molar refractivity (Wildman–Crippen MR) is 61.5 cm³/mol. The van der Waals surface area contributed by atoms with Crippen LogP contribution in [-0.4, -0.2) is 21.6 Å². The maximum atomic E-state index is 11.9. The second-order valence-corrected chi connectivity index (χ2v) is 3.53. The van der Waals surface area contributed by atoms with Crippen LogP contribution in [0.25, 0.3) is 0 Å². The van der Waals surface area contributed by atoms with Gasteiger partial charge in [0.25, 0.3) is 17.5 Å². The number of aromatic nitrogens is 1. The Kier molecular flexibility index (Phi) is 3.06. The van der Waals surface area contributed by atoms with Gasteiger partial charge in [0, 0.05) is 17.7 Å². The molecule has 0 aliphatic rings. The molecule has 0 unspecified atom stereocenters. The third-order valence-electron chi connectivity index (χ3n) is 2.28. The maximum absolute atomic E-state index is 11.9. The minimum absolute atomic E-state index is 0.137. The van der Waals surface area contributed by atoms with E-state index in [-0.39, 0.29) is 22.9 Å². The van der Waals surface area contributed by atoms with Crippen LogP contribution in [0.5, 0.6) is 0 Å². The molecule has 1 aromatic carbocycles. The van der Waals surface area contributed by atoms with Crippen LogP contribution in [0.15, 0.2) is 34.9 Å². The number of nitrogens with zero attached hydrogens (tertiary/aromatic N) is 2. The second-order valence-electron chi connectivity index (χ2n) is 3.53. The maximum Gasteiger partial charge on any atom is 0.286 e. The average molecular weight is 261 g/mol. The van der Waals surface area contributed by atoms with Gasteiger partial charge < -0.3 is 10.2 Å². The molecule has 0 fully saturated rings. The highest BCUT2D eigenvalue weighted by Gasteiger charge is 2.18. The molecule has 8 nitrogen and oxygen atoms in total. The molecule has 0 atom stereocenters. The molecule has 0 bridgehead atoms. The number of carbonyl (C=O) groups excluding carboxylic acids is 2. The first kappa shape index (κ1) is 12.4. The SMILES string of the molecule is NC(=O)c1cnc(C(=O)c2ccc([N+](=O)[O-])cc2)o1. The molecule has 2 aromatic rings. The number of nitrogens with two attached hydrogens (primary N) is 1. The van der Waals surface area contributed by atoms with E-state index in [9.17, 15) is 19.7 Å². The largest absolute Gasteiger partial charge is 0.428 e. The number of hydrogen-bond donors (Lipinski definition) is 1. The summed E-state index contributed by atoms with van der Waals surface area (Å²) in [4.78, 5) is 36.2. The zero-order chi connectivity index (χ0) is 14.0. The fraction of sp³-hybridized carbons (Fsp3) is 0. The van der Waals surface area contributed by atoms with Crippen molar-refractivity contribution in [2.24, 2.45) is 5.73 Å². The zero-order valence-electron chi connectivity index (χ0n) is 9.40. The number of benzene rings is 1. The Morgan fingerprint density at radius 1 is 1.26 bits per heavy atom. The number of ketones is 1. The summed E-state index contributed by atoms with van der Waals surface area (Å²) in [5, 5.41) is 10.5. The van der Waals surface area contributed by atoms with E-state index < -0.39 is 16.6 Å². The fourth-order valence-electron chi connectivity index (χ4n) is 1.35. The normalized spacial score (nSPS) is 10.1. The van der Waals surface area contributed by atoms with Gasteiger partial charge in [-0.05, 0) is 12.1 Å². The number of nitro benzene ring substituents is 1. The van der Waals surface area contributed by atoms with Crippen LogP contribution in [0.2, 0.25) is 0 Å². The van der Waals surface area contributed by atoms with E-state index >= 15 is 0 Å². The van der Waals surface area contributed by atoms with Gasteiger partial charge in [0.2, 0.25) is 11.5 Å². The highest BCUT2D eigenvalue weighted by molar-refractivity contribution is 6.06. The van der Waals surface area contributed by atoms with Crippen molar-refractivity contribution < 1.29 is 18.9 Å². The molecule has 0 spiro atoms. The molecule has 8 heteroatoms. The molecule has 2 N–H and O–H groups in total. The molecule has 0 saturated heterocycles. The smallest absolute Gasteiger partial charge is 0.286 e. The number of amides is 1. The van der Waals surface area contributed by atoms with Gasteiger partial charge in [0.05, 0.1) is 11.1 Å². The predicted octanol–water partition coefficient (Wildman–Crippen LogP) is 0.913. The Balaban J connectivity index is 2.27. The number of primary amides is 1. The van der Waals surface area contributed by atoms with Gasteiger partial charge in [-0.25, -0.2) is 4.98 Å². The Morgan fingerprint density at radius 3 is 2.37 bits per heavy atom. The van der Waals surface area contributed by atoms with E-state index in [2.05, 4.69) is 4.98 Å². The molecular formula is C11H7N3O5. The third kappa shape index (κ3) is 2.46. The van der Waals surface area contributed by atoms with Gasteiger partial charge in [0.1, 0.15) is 0 Å². The Labute approximate surface area is 106 Å². The van der Waals surface area contributed by atoms with Crippen molar-refractivity contribution in [1.82, 2.24) is 4.98 Å². The van der Waals surface area contributed by atoms with Gasteiger partial charge in [-0.2, -0.15) is 0 Å². The van der Waals surface area contributed by atoms with Crippen molar-refractivity contribution in [3.05, 3.63) is 57.8 Å². The standard InChI is InChI=1S/C11H7N3O5/c12-10(16)8-5-13-11(19-8)9(15)6-1-3-7(4-2-6)14(17)18/h1-5H,(H2,12,16). The van der Waals surface area contributed by atoms with Crippen LogP contribution >= 0.6 is 0 Å². The fourth-order valence-corrected chi connectivity index (χ4v) is 1.35. The van der Waals surface area contributed by atoms with Gasteiger partial charge >= 0.3 is 0 Å². The summed E-state index contributed by atoms with van der Waals surface area (Å²) in [6, 6.07) is 4.92. The van der Waals surface area contributed by atoms with Crippen molar-refractivity contribution >= 4 is 17.4 Å². The van der Waals surface area contributed by atoms with Crippen LogP contribution < -0.4 is 5.73 Å². The van der Waals surface area contributed by atoms with Crippen molar-refractivity contribution in [2.45, 2.75) is 0 Å². The molecule has 0 radical (unpaired) electrons. The van der Waals surface area contributed by atoms with Crippen molar-refractivity contribution in [3.63, 3.8) is 0 Å². The lowest BCUT2D eigenvalue weighted by atomic mass is 10.1. The lowest BCUT2D eigenvalue weighted by molar-refractivity contribution is -0.384. The zero-order valence-corrected chi connectivity index (χ0v) is 9.40. The van der Waals surface area contributed by atoms with E-state index in [0.717, 1.165) is 6.20 Å². The average Bonchev–Trinajstić information content (AvgIpc) is 2.87. The quantitative estimate of drug-likeness (QED) is 0.494. The van der Waals surface area contributed by atoms with Crippen LogP contribution in [0.3, 0.4) is 0 Å². The minimum atomic E-state index is -0.838. The van der Waals surface area contributed by atoms with Gasteiger partial charge in [-0.15, -0.1) is 0 Å². The lowest BCUT2D eigenvalue weighted by Gasteiger charge is -1.96. The molecular weight excluding hydrogens is 254 g/mol. The van der Waals surface area contributed by atoms with Crippen LogP contribution in [0, 0.1) is 10.1 Å². The Hall–Kier alpha value is -3.03. The van der Waals surface area contributed by atoms with Gasteiger partial charge in [-0.1, -0.05) is 0 Å². The Bertz CT molecular complexity index is 659. The molecule has 2 rings (SSSR count). The first-order valence-corrected chi connectivity index (χ1v) is 5.04. The topological polar surface area (TPSA) is 129 Å². The van der Waals surface area contributed by atoms with E-state index in [1.807, 2.05) is 0 Å². The molecule has 19 heavy (non-hydrogen) atoms. The number of hydrogen-bond acceptors (Lipinski definition) is 6. The summed E-state index contributed by atoms with van der Waals surface area (Å²) < 4.78 is 4.87. The summed E-state index contributed by atoms with van der Waals surface area (Å²) in [7, 11) is 0. The molecule has 1 heterocycles. The van der Waals surface area contributed by atoms with Crippen LogP contribution in [-0.2, 0) is 0 Å². The first-order valence-electron chi connectivity index (χ1n) is 5.04. The van der Waals surface area contributed by atoms with Crippen LogP contribution in [0.1, 0.15) is 26.8 Å². The summed E-state index contributed by atoms with van der Waals surface area (Å²) in [6.45, 7) is 0. The van der Waals surface area contributed by atoms with Gasteiger partial charge in [0.15, 0.2) is 0 Å². The van der Waals surface area contributed by atoms with Crippen molar-refractivity contribution in [2.75, 3.05) is 0 Å². The van der Waals surface area contributed by atoms with E-state index in [4.69, 9.17) is 10.2 Å². The summed E-state index contributed by atoms with van der Waals surface area (Å²) >= 11 is 0. The number of non-ortho nitro benzene ring substituents is 1. The van der Waals surface area contributed by atoms with Crippen molar-refractivity contribution in [3.8, 4) is 0 Å². The highest BCUT2D eigenvalue weighted by Crippen LogP contribution is 2.15. The second kappa shape index (κ2) is 4.69. The van der Waals surface area contributed by atoms with E-state index in [0.29, 0.717) is 0 Å². The minimum Gasteiger partial charge on any atom is -0.428 e. The van der Waals surface area contributed by atoms with Gasteiger partial charge in [-0.3, -0.25) is 19.7 Å². The first-order chi connectivity index (χ1) is 8.99. The molecule has 1 aromatic heterocycles. The van der Waals surface area contributed by atoms with Crippen LogP contribution in [0.4, 0.5) is 5.69 Å². The van der Waals surface area contributed by atoms with E-state index in [1.54, 1.807) is 0 Å². The molecule has 1 amide bonds.